The molecule has 1 aliphatic rings. The first kappa shape index (κ1) is 17.1. The number of nitrogens with zero attached hydrogens (tertiary/aromatic N) is 1. The van der Waals surface area contributed by atoms with Gasteiger partial charge in [0.15, 0.2) is 11.5 Å². The van der Waals surface area contributed by atoms with Gasteiger partial charge in [0, 0.05) is 13.1 Å². The number of fused-ring (bicyclic) bond motifs is 1. The fourth-order valence-corrected chi connectivity index (χ4v) is 3.13. The molecule has 2 aromatic rings. The topological polar surface area (TPSA) is 48.0 Å². The molecule has 0 unspecified atom stereocenters. The van der Waals surface area contributed by atoms with Crippen LogP contribution in [0.15, 0.2) is 36.4 Å². The van der Waals surface area contributed by atoms with Gasteiger partial charge in [-0.15, -0.1) is 0 Å². The molecule has 0 saturated carbocycles. The van der Waals surface area contributed by atoms with Gasteiger partial charge < -0.3 is 19.1 Å². The first-order valence-electron chi connectivity index (χ1n) is 8.29. The summed E-state index contributed by atoms with van der Waals surface area (Å²) in [4.78, 5) is 14.5. The summed E-state index contributed by atoms with van der Waals surface area (Å²) in [6.07, 6.45) is 1.22. The molecule has 0 bridgehead atoms. The van der Waals surface area contributed by atoms with Crippen molar-refractivity contribution in [2.24, 2.45) is 0 Å². The van der Waals surface area contributed by atoms with Crippen molar-refractivity contribution in [3.63, 3.8) is 0 Å². The van der Waals surface area contributed by atoms with Crippen molar-refractivity contribution in [1.82, 2.24) is 4.90 Å². The van der Waals surface area contributed by atoms with Gasteiger partial charge in [-0.05, 0) is 47.4 Å². The Morgan fingerprint density at radius 3 is 2.20 bits per heavy atom. The second-order valence-electron chi connectivity index (χ2n) is 6.07. The maximum absolute atomic E-state index is 12.6. The predicted octanol–water partition coefficient (Wildman–Crippen LogP) is 2.84. The van der Waals surface area contributed by atoms with Crippen LogP contribution in [0.5, 0.6) is 17.2 Å². The Kier molecular flexibility index (Phi) is 5.12. The van der Waals surface area contributed by atoms with Gasteiger partial charge in [0.25, 0.3) is 0 Å². The third-order valence-electron chi connectivity index (χ3n) is 4.59. The number of methoxy groups -OCH3 is 3. The zero-order chi connectivity index (χ0) is 17.8. The Morgan fingerprint density at radius 2 is 1.60 bits per heavy atom. The van der Waals surface area contributed by atoms with Gasteiger partial charge in [-0.25, -0.2) is 0 Å². The highest BCUT2D eigenvalue weighted by Gasteiger charge is 2.22. The highest BCUT2D eigenvalue weighted by atomic mass is 16.5. The number of carbonyl (C=O) groups excluding carboxylic acids is 1. The van der Waals surface area contributed by atoms with Crippen LogP contribution in [0.3, 0.4) is 0 Å². The summed E-state index contributed by atoms with van der Waals surface area (Å²) in [6.45, 7) is 1.32. The maximum Gasteiger partial charge on any atom is 0.227 e. The van der Waals surface area contributed by atoms with Crippen LogP contribution in [0.1, 0.15) is 16.7 Å². The molecule has 2 aromatic carbocycles. The van der Waals surface area contributed by atoms with Crippen LogP contribution in [-0.4, -0.2) is 38.7 Å². The van der Waals surface area contributed by atoms with E-state index in [-0.39, 0.29) is 5.91 Å². The Balaban J connectivity index is 1.71. The molecule has 0 atom stereocenters. The Bertz CT molecular complexity index is 755. The summed E-state index contributed by atoms with van der Waals surface area (Å²) in [6, 6.07) is 11.6. The van der Waals surface area contributed by atoms with E-state index >= 15 is 0 Å². The van der Waals surface area contributed by atoms with E-state index in [1.807, 2.05) is 41.3 Å². The van der Waals surface area contributed by atoms with E-state index in [9.17, 15) is 4.79 Å². The molecule has 1 amide bonds. The Labute approximate surface area is 148 Å². The monoisotopic (exact) mass is 341 g/mol. The normalized spacial score (nSPS) is 13.2. The summed E-state index contributed by atoms with van der Waals surface area (Å²) in [5, 5.41) is 0. The molecule has 3 rings (SSSR count). The molecule has 0 saturated heterocycles. The van der Waals surface area contributed by atoms with E-state index in [1.54, 1.807) is 21.3 Å². The average molecular weight is 341 g/mol. The third kappa shape index (κ3) is 3.71. The van der Waals surface area contributed by atoms with Crippen molar-refractivity contribution in [1.29, 1.82) is 0 Å². The number of hydrogen-bond donors (Lipinski definition) is 0. The minimum Gasteiger partial charge on any atom is -0.497 e. The second kappa shape index (κ2) is 7.47. The van der Waals surface area contributed by atoms with E-state index in [4.69, 9.17) is 14.2 Å². The molecule has 25 heavy (non-hydrogen) atoms. The van der Waals surface area contributed by atoms with Gasteiger partial charge in [0.1, 0.15) is 5.75 Å². The summed E-state index contributed by atoms with van der Waals surface area (Å²) in [7, 11) is 4.89. The molecular weight excluding hydrogens is 318 g/mol. The molecule has 0 fully saturated rings. The zero-order valence-electron chi connectivity index (χ0n) is 14.9. The number of ether oxygens (including phenoxy) is 3. The molecule has 5 heteroatoms. The fourth-order valence-electron chi connectivity index (χ4n) is 3.13. The summed E-state index contributed by atoms with van der Waals surface area (Å²) in [5.41, 5.74) is 3.32. The van der Waals surface area contributed by atoms with Gasteiger partial charge in [-0.3, -0.25) is 4.79 Å². The van der Waals surface area contributed by atoms with Crippen LogP contribution >= 0.6 is 0 Å². The number of benzene rings is 2. The van der Waals surface area contributed by atoms with Gasteiger partial charge in [-0.1, -0.05) is 12.1 Å². The van der Waals surface area contributed by atoms with Gasteiger partial charge in [-0.2, -0.15) is 0 Å². The second-order valence-corrected chi connectivity index (χ2v) is 6.07. The molecule has 1 heterocycles. The first-order chi connectivity index (χ1) is 12.1. The van der Waals surface area contributed by atoms with E-state index in [0.717, 1.165) is 35.6 Å². The SMILES string of the molecule is COc1ccc(CC(=O)N2CCc3cc(OC)c(OC)cc3C2)cc1. The quantitative estimate of drug-likeness (QED) is 0.839. The number of carbonyl (C=O) groups is 1. The highest BCUT2D eigenvalue weighted by Crippen LogP contribution is 2.33. The highest BCUT2D eigenvalue weighted by molar-refractivity contribution is 5.79. The molecule has 1 aliphatic heterocycles. The van der Waals surface area contributed by atoms with Crippen molar-refractivity contribution in [2.45, 2.75) is 19.4 Å². The molecule has 0 spiro atoms. The van der Waals surface area contributed by atoms with Crippen molar-refractivity contribution in [3.8, 4) is 17.2 Å². The number of amides is 1. The Morgan fingerprint density at radius 1 is 0.960 bits per heavy atom. The van der Waals surface area contributed by atoms with E-state index < -0.39 is 0 Å². The Hall–Kier alpha value is -2.69. The van der Waals surface area contributed by atoms with Crippen LogP contribution in [0.2, 0.25) is 0 Å². The summed E-state index contributed by atoms with van der Waals surface area (Å²) in [5.74, 6) is 2.36. The lowest BCUT2D eigenvalue weighted by atomic mass is 9.98. The number of hydrogen-bond acceptors (Lipinski definition) is 4. The van der Waals surface area contributed by atoms with E-state index in [0.29, 0.717) is 18.7 Å². The maximum atomic E-state index is 12.6. The lowest BCUT2D eigenvalue weighted by Crippen LogP contribution is -2.36. The number of rotatable bonds is 5. The molecule has 5 nitrogen and oxygen atoms in total. The van der Waals surface area contributed by atoms with Crippen molar-refractivity contribution in [3.05, 3.63) is 53.1 Å². The summed E-state index contributed by atoms with van der Waals surface area (Å²) < 4.78 is 15.9. The van der Waals surface area contributed by atoms with Crippen LogP contribution in [-0.2, 0) is 24.2 Å². The van der Waals surface area contributed by atoms with Crippen LogP contribution in [0, 0.1) is 0 Å². The lowest BCUT2D eigenvalue weighted by Gasteiger charge is -2.29. The molecule has 0 aromatic heterocycles. The van der Waals surface area contributed by atoms with Crippen LogP contribution in [0.25, 0.3) is 0 Å². The molecule has 0 radical (unpaired) electrons. The average Bonchev–Trinajstić information content (AvgIpc) is 2.66. The van der Waals surface area contributed by atoms with Crippen molar-refractivity contribution in [2.75, 3.05) is 27.9 Å². The lowest BCUT2D eigenvalue weighted by molar-refractivity contribution is -0.131. The molecule has 132 valence electrons. The van der Waals surface area contributed by atoms with E-state index in [2.05, 4.69) is 0 Å². The van der Waals surface area contributed by atoms with Crippen LogP contribution < -0.4 is 14.2 Å². The third-order valence-corrected chi connectivity index (χ3v) is 4.59. The van der Waals surface area contributed by atoms with Crippen molar-refractivity contribution < 1.29 is 19.0 Å². The smallest absolute Gasteiger partial charge is 0.227 e. The molecular formula is C20H23NO4. The molecule has 0 N–H and O–H groups in total. The fraction of sp³-hybridized carbons (Fsp3) is 0.350. The minimum absolute atomic E-state index is 0.130. The van der Waals surface area contributed by atoms with Crippen LogP contribution in [0.4, 0.5) is 0 Å². The van der Waals surface area contributed by atoms with E-state index in [1.165, 1.54) is 5.56 Å². The zero-order valence-corrected chi connectivity index (χ0v) is 14.9. The van der Waals surface area contributed by atoms with Gasteiger partial charge in [0.05, 0.1) is 27.8 Å². The van der Waals surface area contributed by atoms with Gasteiger partial charge >= 0.3 is 0 Å². The standard InChI is InChI=1S/C20H23NO4/c1-23-17-6-4-14(5-7-17)10-20(22)21-9-8-15-11-18(24-2)19(25-3)12-16(15)13-21/h4-7,11-12H,8-10,13H2,1-3H3. The largest absolute Gasteiger partial charge is 0.497 e. The van der Waals surface area contributed by atoms with Gasteiger partial charge in [0.2, 0.25) is 5.91 Å². The minimum atomic E-state index is 0.130. The summed E-state index contributed by atoms with van der Waals surface area (Å²) >= 11 is 0. The predicted molar refractivity (Wildman–Crippen MR) is 95.4 cm³/mol. The first-order valence-corrected chi connectivity index (χ1v) is 8.29. The molecule has 0 aliphatic carbocycles. The van der Waals surface area contributed by atoms with Crippen molar-refractivity contribution >= 4 is 5.91 Å².